The molecule has 0 amide bonds. The standard InChI is InChI=1S/C13H24O5/c1-5-6-12(14)7-8-13(2,18-11-16-4)9-17-10-15-3/h5,7-8,12,14H,1,6,9-11H2,2-4H3/b8-7+. The van der Waals surface area contributed by atoms with E-state index in [1.165, 1.54) is 0 Å². The van der Waals surface area contributed by atoms with Crippen LogP contribution in [0.25, 0.3) is 0 Å². The topological polar surface area (TPSA) is 57.2 Å². The summed E-state index contributed by atoms with van der Waals surface area (Å²) < 4.78 is 20.5. The lowest BCUT2D eigenvalue weighted by atomic mass is 10.1. The van der Waals surface area contributed by atoms with Crippen molar-refractivity contribution in [3.63, 3.8) is 0 Å². The fourth-order valence-electron chi connectivity index (χ4n) is 1.22. The monoisotopic (exact) mass is 260 g/mol. The summed E-state index contributed by atoms with van der Waals surface area (Å²) in [6, 6.07) is 0. The highest BCUT2D eigenvalue weighted by molar-refractivity contribution is 5.03. The Hall–Kier alpha value is -0.720. The molecule has 2 unspecified atom stereocenters. The lowest BCUT2D eigenvalue weighted by molar-refractivity contribution is -0.146. The van der Waals surface area contributed by atoms with Crippen molar-refractivity contribution in [3.05, 3.63) is 24.8 Å². The first-order valence-electron chi connectivity index (χ1n) is 5.76. The van der Waals surface area contributed by atoms with Gasteiger partial charge in [-0.15, -0.1) is 6.58 Å². The van der Waals surface area contributed by atoms with Crippen LogP contribution in [0.4, 0.5) is 0 Å². The van der Waals surface area contributed by atoms with Crippen molar-refractivity contribution in [2.45, 2.75) is 25.0 Å². The summed E-state index contributed by atoms with van der Waals surface area (Å²) in [4.78, 5) is 0. The Labute approximate surface area is 109 Å². The molecule has 18 heavy (non-hydrogen) atoms. The van der Waals surface area contributed by atoms with Gasteiger partial charge in [0.25, 0.3) is 0 Å². The van der Waals surface area contributed by atoms with Gasteiger partial charge in [-0.25, -0.2) is 0 Å². The molecule has 0 bridgehead atoms. The Morgan fingerprint density at radius 3 is 2.50 bits per heavy atom. The molecule has 0 aliphatic carbocycles. The maximum atomic E-state index is 9.60. The minimum absolute atomic E-state index is 0.148. The van der Waals surface area contributed by atoms with Crippen LogP contribution in [0, 0.1) is 0 Å². The van der Waals surface area contributed by atoms with Crippen LogP contribution in [0.2, 0.25) is 0 Å². The molecular formula is C13H24O5. The summed E-state index contributed by atoms with van der Waals surface area (Å²) in [6.45, 7) is 6.06. The molecule has 0 saturated heterocycles. The van der Waals surface area contributed by atoms with Gasteiger partial charge in [0.05, 0.1) is 12.7 Å². The van der Waals surface area contributed by atoms with Gasteiger partial charge in [0.2, 0.25) is 0 Å². The van der Waals surface area contributed by atoms with Gasteiger partial charge in [0.1, 0.15) is 19.2 Å². The van der Waals surface area contributed by atoms with E-state index in [0.29, 0.717) is 13.0 Å². The predicted octanol–water partition coefficient (Wildman–Crippen LogP) is 1.48. The Balaban J connectivity index is 4.38. The van der Waals surface area contributed by atoms with Crippen molar-refractivity contribution >= 4 is 0 Å². The molecule has 0 aromatic heterocycles. The number of aliphatic hydroxyl groups excluding tert-OH is 1. The Bertz CT molecular complexity index is 242. The number of ether oxygens (including phenoxy) is 4. The molecule has 0 spiro atoms. The van der Waals surface area contributed by atoms with Crippen LogP contribution in [0.5, 0.6) is 0 Å². The molecule has 106 valence electrons. The lowest BCUT2D eigenvalue weighted by Gasteiger charge is -2.26. The molecule has 0 aliphatic rings. The molecular weight excluding hydrogens is 236 g/mol. The second-order valence-electron chi connectivity index (χ2n) is 4.07. The van der Waals surface area contributed by atoms with E-state index in [9.17, 15) is 5.11 Å². The van der Waals surface area contributed by atoms with E-state index in [-0.39, 0.29) is 13.6 Å². The molecule has 0 heterocycles. The lowest BCUT2D eigenvalue weighted by Crippen LogP contribution is -2.33. The van der Waals surface area contributed by atoms with Gasteiger partial charge in [-0.1, -0.05) is 18.2 Å². The predicted molar refractivity (Wildman–Crippen MR) is 69.2 cm³/mol. The first-order chi connectivity index (χ1) is 8.58. The SMILES string of the molecule is C=CCC(O)/C=C/C(C)(COCOC)OCOC. The molecule has 5 heteroatoms. The smallest absolute Gasteiger partial charge is 0.147 e. The summed E-state index contributed by atoms with van der Waals surface area (Å²) >= 11 is 0. The van der Waals surface area contributed by atoms with E-state index in [1.54, 1.807) is 32.4 Å². The van der Waals surface area contributed by atoms with E-state index in [4.69, 9.17) is 18.9 Å². The molecule has 1 N–H and O–H groups in total. The molecule has 0 fully saturated rings. The van der Waals surface area contributed by atoms with Crippen molar-refractivity contribution in [3.8, 4) is 0 Å². The maximum Gasteiger partial charge on any atom is 0.147 e. The van der Waals surface area contributed by atoms with Crippen LogP contribution >= 0.6 is 0 Å². The fourth-order valence-corrected chi connectivity index (χ4v) is 1.22. The number of hydrogen-bond donors (Lipinski definition) is 1. The van der Waals surface area contributed by atoms with Crippen LogP contribution in [-0.2, 0) is 18.9 Å². The van der Waals surface area contributed by atoms with E-state index < -0.39 is 11.7 Å². The Morgan fingerprint density at radius 1 is 1.28 bits per heavy atom. The molecule has 5 nitrogen and oxygen atoms in total. The molecule has 0 radical (unpaired) electrons. The summed E-state index contributed by atoms with van der Waals surface area (Å²) in [5.41, 5.74) is -0.670. The van der Waals surface area contributed by atoms with Crippen LogP contribution in [0.1, 0.15) is 13.3 Å². The van der Waals surface area contributed by atoms with Crippen LogP contribution < -0.4 is 0 Å². The number of methoxy groups -OCH3 is 2. The van der Waals surface area contributed by atoms with Gasteiger partial charge in [0, 0.05) is 14.2 Å². The van der Waals surface area contributed by atoms with Gasteiger partial charge in [-0.05, 0) is 13.3 Å². The average molecular weight is 260 g/mol. The largest absolute Gasteiger partial charge is 0.389 e. The van der Waals surface area contributed by atoms with Gasteiger partial charge < -0.3 is 24.1 Å². The van der Waals surface area contributed by atoms with Gasteiger partial charge in [0.15, 0.2) is 0 Å². The molecule has 0 rings (SSSR count). The zero-order chi connectivity index (χ0) is 13.9. The van der Waals surface area contributed by atoms with E-state index in [0.717, 1.165) is 0 Å². The molecule has 0 aromatic carbocycles. The van der Waals surface area contributed by atoms with E-state index >= 15 is 0 Å². The van der Waals surface area contributed by atoms with Gasteiger partial charge in [-0.3, -0.25) is 0 Å². The van der Waals surface area contributed by atoms with Crippen molar-refractivity contribution < 1.29 is 24.1 Å². The average Bonchev–Trinajstić information content (AvgIpc) is 2.35. The second-order valence-corrected chi connectivity index (χ2v) is 4.07. The van der Waals surface area contributed by atoms with E-state index in [1.807, 2.05) is 6.92 Å². The molecule has 0 aromatic rings. The maximum absolute atomic E-state index is 9.60. The van der Waals surface area contributed by atoms with Crippen molar-refractivity contribution in [2.75, 3.05) is 34.4 Å². The summed E-state index contributed by atoms with van der Waals surface area (Å²) in [7, 11) is 3.10. The fraction of sp³-hybridized carbons (Fsp3) is 0.692. The van der Waals surface area contributed by atoms with Crippen LogP contribution in [-0.4, -0.2) is 51.2 Å². The third-order valence-electron chi connectivity index (χ3n) is 2.18. The number of rotatable bonds is 11. The molecule has 0 aliphatic heterocycles. The zero-order valence-corrected chi connectivity index (χ0v) is 11.4. The third-order valence-corrected chi connectivity index (χ3v) is 2.18. The quantitative estimate of drug-likeness (QED) is 0.346. The highest BCUT2D eigenvalue weighted by Crippen LogP contribution is 2.14. The second kappa shape index (κ2) is 10.2. The Kier molecular flexibility index (Phi) is 9.82. The number of hydrogen-bond acceptors (Lipinski definition) is 5. The van der Waals surface area contributed by atoms with Crippen molar-refractivity contribution in [1.82, 2.24) is 0 Å². The third kappa shape index (κ3) is 8.38. The molecule has 0 saturated carbocycles. The summed E-state index contributed by atoms with van der Waals surface area (Å²) in [6.07, 6.45) is 5.00. The Morgan fingerprint density at radius 2 is 1.94 bits per heavy atom. The first-order valence-corrected chi connectivity index (χ1v) is 5.76. The van der Waals surface area contributed by atoms with E-state index in [2.05, 4.69) is 6.58 Å². The van der Waals surface area contributed by atoms with Gasteiger partial charge >= 0.3 is 0 Å². The minimum atomic E-state index is -0.670. The number of aliphatic hydroxyl groups is 1. The van der Waals surface area contributed by atoms with Crippen LogP contribution in [0.3, 0.4) is 0 Å². The normalized spacial score (nSPS) is 16.7. The highest BCUT2D eigenvalue weighted by atomic mass is 16.7. The first kappa shape index (κ1) is 17.3. The summed E-state index contributed by atoms with van der Waals surface area (Å²) in [5, 5.41) is 9.60. The summed E-state index contributed by atoms with van der Waals surface area (Å²) in [5.74, 6) is 0. The zero-order valence-electron chi connectivity index (χ0n) is 11.4. The van der Waals surface area contributed by atoms with Crippen LogP contribution in [0.15, 0.2) is 24.8 Å². The van der Waals surface area contributed by atoms with Crippen molar-refractivity contribution in [2.24, 2.45) is 0 Å². The molecule has 2 atom stereocenters. The minimum Gasteiger partial charge on any atom is -0.389 e. The van der Waals surface area contributed by atoms with Gasteiger partial charge in [-0.2, -0.15) is 0 Å². The highest BCUT2D eigenvalue weighted by Gasteiger charge is 2.22. The van der Waals surface area contributed by atoms with Crippen molar-refractivity contribution in [1.29, 1.82) is 0 Å².